The average Bonchev–Trinajstić information content (AvgIpc) is 2.74. The Labute approximate surface area is 179 Å². The number of benzene rings is 3. The molecule has 0 bridgehead atoms. The largest absolute Gasteiger partial charge is 0.489 e. The van der Waals surface area contributed by atoms with Crippen LogP contribution in [-0.4, -0.2) is 20.5 Å². The quantitative estimate of drug-likeness (QED) is 0.412. The van der Waals surface area contributed by atoms with Crippen LogP contribution in [0.3, 0.4) is 0 Å². The van der Waals surface area contributed by atoms with E-state index in [4.69, 9.17) is 4.74 Å². The first kappa shape index (κ1) is 22.0. The smallest absolute Gasteiger partial charge is 0.276 e. The molecule has 3 aromatic carbocycles. The van der Waals surface area contributed by atoms with Crippen LogP contribution in [0.15, 0.2) is 82.8 Å². The number of carbonyl (C=O) groups excluding carboxylic acids is 1. The number of nitrogens with zero attached hydrogens (tertiary/aromatic N) is 1. The Morgan fingerprint density at radius 1 is 1.03 bits per heavy atom. The summed E-state index contributed by atoms with van der Waals surface area (Å²) in [6, 6.07) is 18.8. The minimum absolute atomic E-state index is 0.00986. The van der Waals surface area contributed by atoms with E-state index in [2.05, 4.69) is 15.2 Å². The zero-order valence-electron chi connectivity index (χ0n) is 16.6. The van der Waals surface area contributed by atoms with Gasteiger partial charge in [-0.25, -0.2) is 9.22 Å². The monoisotopic (exact) mass is 441 g/mol. The predicted octanol–water partition coefficient (Wildman–Crippen LogP) is 3.68. The summed E-state index contributed by atoms with van der Waals surface area (Å²) in [6.07, 6.45) is 1.35. The second kappa shape index (κ2) is 9.86. The second-order valence-electron chi connectivity index (χ2n) is 6.51. The van der Waals surface area contributed by atoms with E-state index >= 15 is 0 Å². The Morgan fingerprint density at radius 2 is 1.71 bits per heavy atom. The van der Waals surface area contributed by atoms with Gasteiger partial charge in [0.05, 0.1) is 11.1 Å². The van der Waals surface area contributed by atoms with Crippen molar-refractivity contribution in [3.63, 3.8) is 0 Å². The molecule has 0 saturated heterocycles. The van der Waals surface area contributed by atoms with E-state index in [9.17, 15) is 17.6 Å². The highest BCUT2D eigenvalue weighted by molar-refractivity contribution is 7.89. The van der Waals surface area contributed by atoms with Crippen LogP contribution in [0.25, 0.3) is 0 Å². The summed E-state index contributed by atoms with van der Waals surface area (Å²) in [5.41, 5.74) is 1.59. The van der Waals surface area contributed by atoms with E-state index in [1.54, 1.807) is 42.5 Å². The summed E-state index contributed by atoms with van der Waals surface area (Å²) in [5.74, 6) is -0.0366. The number of ether oxygens (including phenoxy) is 1. The predicted molar refractivity (Wildman–Crippen MR) is 116 cm³/mol. The number of rotatable bonds is 8. The van der Waals surface area contributed by atoms with E-state index in [-0.39, 0.29) is 23.2 Å². The normalized spacial score (nSPS) is 11.3. The molecule has 0 heterocycles. The maximum atomic E-state index is 13.6. The maximum absolute atomic E-state index is 13.6. The van der Waals surface area contributed by atoms with Crippen molar-refractivity contribution in [2.24, 2.45) is 5.10 Å². The third-order valence-corrected chi connectivity index (χ3v) is 5.34. The van der Waals surface area contributed by atoms with Crippen molar-refractivity contribution in [3.05, 3.63) is 89.7 Å². The minimum Gasteiger partial charge on any atom is -0.489 e. The zero-order valence-corrected chi connectivity index (χ0v) is 17.4. The van der Waals surface area contributed by atoms with Crippen LogP contribution in [0, 0.1) is 5.82 Å². The molecule has 9 heteroatoms. The average molecular weight is 441 g/mol. The molecule has 1 amide bonds. The topological polar surface area (TPSA) is 96.9 Å². The van der Waals surface area contributed by atoms with Gasteiger partial charge in [-0.15, -0.1) is 0 Å². The van der Waals surface area contributed by atoms with Crippen molar-refractivity contribution in [1.82, 2.24) is 4.83 Å². The lowest BCUT2D eigenvalue weighted by atomic mass is 10.2. The summed E-state index contributed by atoms with van der Waals surface area (Å²) in [4.78, 5) is 13.2. The van der Waals surface area contributed by atoms with Crippen molar-refractivity contribution in [2.75, 3.05) is 5.32 Å². The lowest BCUT2D eigenvalue weighted by Gasteiger charge is -2.07. The maximum Gasteiger partial charge on any atom is 0.276 e. The Hall–Kier alpha value is -3.72. The van der Waals surface area contributed by atoms with Crippen molar-refractivity contribution >= 4 is 27.8 Å². The molecule has 0 unspecified atom stereocenters. The SMILES string of the molecule is CC(=O)Nc1ccc(S(=O)(=O)N/N=C/c2ccc(OCc3ccccc3F)cc2)cc1. The highest BCUT2D eigenvalue weighted by Gasteiger charge is 2.12. The Bertz CT molecular complexity index is 1180. The van der Waals surface area contributed by atoms with E-state index in [1.165, 1.54) is 43.5 Å². The van der Waals surface area contributed by atoms with Crippen LogP contribution in [0.5, 0.6) is 5.75 Å². The van der Waals surface area contributed by atoms with Crippen LogP contribution in [0.1, 0.15) is 18.1 Å². The van der Waals surface area contributed by atoms with Gasteiger partial charge in [0.15, 0.2) is 0 Å². The Morgan fingerprint density at radius 3 is 2.35 bits per heavy atom. The van der Waals surface area contributed by atoms with Gasteiger partial charge in [0.25, 0.3) is 10.0 Å². The molecule has 0 aliphatic carbocycles. The van der Waals surface area contributed by atoms with Crippen LogP contribution < -0.4 is 14.9 Å². The molecule has 31 heavy (non-hydrogen) atoms. The fraction of sp³-hybridized carbons (Fsp3) is 0.0909. The molecule has 160 valence electrons. The zero-order chi connectivity index (χ0) is 22.3. The Balaban J connectivity index is 1.56. The second-order valence-corrected chi connectivity index (χ2v) is 8.17. The first-order valence-electron chi connectivity index (χ1n) is 9.22. The molecule has 0 aliphatic rings. The first-order valence-corrected chi connectivity index (χ1v) is 10.7. The molecule has 0 atom stereocenters. The summed E-state index contributed by atoms with van der Waals surface area (Å²) in [6.45, 7) is 1.46. The number of hydrogen-bond donors (Lipinski definition) is 2. The molecule has 0 aliphatic heterocycles. The molecular formula is C22H20FN3O4S. The molecule has 0 radical (unpaired) electrons. The van der Waals surface area contributed by atoms with Crippen LogP contribution >= 0.6 is 0 Å². The number of carbonyl (C=O) groups is 1. The molecule has 0 fully saturated rings. The van der Waals surface area contributed by atoms with E-state index in [0.717, 1.165) is 0 Å². The molecular weight excluding hydrogens is 421 g/mol. The number of nitrogens with one attached hydrogen (secondary N) is 2. The van der Waals surface area contributed by atoms with Crippen molar-refractivity contribution in [3.8, 4) is 5.75 Å². The first-order chi connectivity index (χ1) is 14.8. The number of amides is 1. The van der Waals surface area contributed by atoms with Gasteiger partial charge in [-0.2, -0.15) is 13.5 Å². The fourth-order valence-electron chi connectivity index (χ4n) is 2.57. The van der Waals surface area contributed by atoms with Crippen molar-refractivity contribution in [1.29, 1.82) is 0 Å². The molecule has 0 saturated carbocycles. The number of halogens is 1. The summed E-state index contributed by atoms with van der Waals surface area (Å²) in [7, 11) is -3.85. The highest BCUT2D eigenvalue weighted by atomic mass is 32.2. The molecule has 3 aromatic rings. The van der Waals surface area contributed by atoms with Crippen LogP contribution in [0.4, 0.5) is 10.1 Å². The molecule has 0 aromatic heterocycles. The number of sulfonamides is 1. The molecule has 7 nitrogen and oxygen atoms in total. The van der Waals surface area contributed by atoms with E-state index < -0.39 is 10.0 Å². The van der Waals surface area contributed by atoms with E-state index in [0.29, 0.717) is 22.6 Å². The van der Waals surface area contributed by atoms with Gasteiger partial charge in [0.2, 0.25) is 5.91 Å². The lowest BCUT2D eigenvalue weighted by Crippen LogP contribution is -2.18. The van der Waals surface area contributed by atoms with Gasteiger partial charge in [0, 0.05) is 18.2 Å². The molecule has 0 spiro atoms. The summed E-state index contributed by atoms with van der Waals surface area (Å²) in [5, 5.41) is 6.33. The van der Waals surface area contributed by atoms with Gasteiger partial charge < -0.3 is 10.1 Å². The number of hydrazone groups is 1. The van der Waals surface area contributed by atoms with Crippen LogP contribution in [0.2, 0.25) is 0 Å². The van der Waals surface area contributed by atoms with E-state index in [1.807, 2.05) is 0 Å². The van der Waals surface area contributed by atoms with Gasteiger partial charge in [-0.1, -0.05) is 18.2 Å². The van der Waals surface area contributed by atoms with Gasteiger partial charge in [-0.05, 0) is 60.2 Å². The molecule has 3 rings (SSSR count). The van der Waals surface area contributed by atoms with Crippen molar-refractivity contribution in [2.45, 2.75) is 18.4 Å². The van der Waals surface area contributed by atoms with Gasteiger partial charge >= 0.3 is 0 Å². The fourth-order valence-corrected chi connectivity index (χ4v) is 3.36. The lowest BCUT2D eigenvalue weighted by molar-refractivity contribution is -0.114. The number of anilines is 1. The van der Waals surface area contributed by atoms with Gasteiger partial charge in [-0.3, -0.25) is 4.79 Å². The summed E-state index contributed by atoms with van der Waals surface area (Å²) < 4.78 is 43.8. The molecule has 2 N–H and O–H groups in total. The van der Waals surface area contributed by atoms with Crippen molar-refractivity contribution < 1.29 is 22.3 Å². The third-order valence-electron chi connectivity index (χ3n) is 4.10. The van der Waals surface area contributed by atoms with Gasteiger partial charge in [0.1, 0.15) is 18.2 Å². The standard InChI is InChI=1S/C22H20FN3O4S/c1-16(27)25-19-8-12-21(13-9-19)31(28,29)26-24-14-17-6-10-20(11-7-17)30-15-18-4-2-3-5-22(18)23/h2-14,26H,15H2,1H3,(H,25,27)/b24-14+. The minimum atomic E-state index is -3.85. The number of hydrogen-bond acceptors (Lipinski definition) is 5. The van der Waals surface area contributed by atoms with Crippen LogP contribution in [-0.2, 0) is 21.4 Å². The third kappa shape index (κ3) is 6.38. The summed E-state index contributed by atoms with van der Waals surface area (Å²) >= 11 is 0. The Kier molecular flexibility index (Phi) is 6.99. The highest BCUT2D eigenvalue weighted by Crippen LogP contribution is 2.16.